The first-order chi connectivity index (χ1) is 8.13. The van der Waals surface area contributed by atoms with Crippen LogP contribution in [0.1, 0.15) is 24.8 Å². The molecule has 2 rings (SSSR count). The van der Waals surface area contributed by atoms with Crippen molar-refractivity contribution in [3.8, 4) is 0 Å². The third-order valence-electron chi connectivity index (χ3n) is 3.52. The van der Waals surface area contributed by atoms with Crippen LogP contribution in [0.15, 0.2) is 24.3 Å². The molecule has 1 aliphatic carbocycles. The zero-order chi connectivity index (χ0) is 12.3. The minimum atomic E-state index is 0.434. The summed E-state index contributed by atoms with van der Waals surface area (Å²) < 4.78 is 0. The highest BCUT2D eigenvalue weighted by Gasteiger charge is 2.22. The Morgan fingerprint density at radius 3 is 2.59 bits per heavy atom. The van der Waals surface area contributed by atoms with E-state index < -0.39 is 0 Å². The molecule has 1 fully saturated rings. The molecule has 2 unspecified atom stereocenters. The van der Waals surface area contributed by atoms with Gasteiger partial charge in [0.05, 0.1) is 0 Å². The minimum absolute atomic E-state index is 0.434. The zero-order valence-corrected chi connectivity index (χ0v) is 11.2. The topological polar surface area (TPSA) is 29.3 Å². The van der Waals surface area contributed by atoms with Gasteiger partial charge in [0.15, 0.2) is 0 Å². The molecule has 0 saturated heterocycles. The van der Waals surface area contributed by atoms with Crippen LogP contribution in [0, 0.1) is 5.92 Å². The van der Waals surface area contributed by atoms with E-state index in [1.54, 1.807) is 0 Å². The van der Waals surface area contributed by atoms with Gasteiger partial charge in [-0.2, -0.15) is 0 Å². The van der Waals surface area contributed by atoms with E-state index in [-0.39, 0.29) is 0 Å². The molecular weight excluding hydrogens is 232 g/mol. The molecule has 0 aromatic heterocycles. The second kappa shape index (κ2) is 5.85. The highest BCUT2D eigenvalue weighted by molar-refractivity contribution is 6.30. The summed E-state index contributed by atoms with van der Waals surface area (Å²) in [5, 5.41) is 0.804. The molecule has 0 heterocycles. The summed E-state index contributed by atoms with van der Waals surface area (Å²) in [7, 11) is 2.18. The average Bonchev–Trinajstić information content (AvgIpc) is 2.67. The molecule has 0 aliphatic heterocycles. The Morgan fingerprint density at radius 2 is 2.00 bits per heavy atom. The minimum Gasteiger partial charge on any atom is -0.328 e. The summed E-state index contributed by atoms with van der Waals surface area (Å²) in [6.45, 7) is 2.14. The zero-order valence-electron chi connectivity index (χ0n) is 10.4. The molecule has 17 heavy (non-hydrogen) atoms. The normalized spacial score (nSPS) is 24.5. The number of nitrogens with zero attached hydrogens (tertiary/aromatic N) is 1. The lowest BCUT2D eigenvalue weighted by Gasteiger charge is -2.21. The average molecular weight is 253 g/mol. The molecule has 0 bridgehead atoms. The molecule has 3 heteroatoms. The molecule has 1 aromatic rings. The van der Waals surface area contributed by atoms with E-state index in [0.717, 1.165) is 24.0 Å². The van der Waals surface area contributed by atoms with Gasteiger partial charge in [-0.05, 0) is 49.9 Å². The van der Waals surface area contributed by atoms with Gasteiger partial charge >= 0.3 is 0 Å². The van der Waals surface area contributed by atoms with E-state index in [0.29, 0.717) is 6.04 Å². The van der Waals surface area contributed by atoms with Crippen molar-refractivity contribution >= 4 is 11.6 Å². The highest BCUT2D eigenvalue weighted by atomic mass is 35.5. The number of benzene rings is 1. The van der Waals surface area contributed by atoms with Crippen molar-refractivity contribution < 1.29 is 0 Å². The first kappa shape index (κ1) is 12.9. The van der Waals surface area contributed by atoms with Crippen molar-refractivity contribution in [1.29, 1.82) is 0 Å². The van der Waals surface area contributed by atoms with E-state index >= 15 is 0 Å². The van der Waals surface area contributed by atoms with E-state index in [1.165, 1.54) is 24.8 Å². The van der Waals surface area contributed by atoms with Gasteiger partial charge in [-0.1, -0.05) is 23.7 Å². The van der Waals surface area contributed by atoms with Crippen molar-refractivity contribution in [1.82, 2.24) is 4.90 Å². The highest BCUT2D eigenvalue weighted by Crippen LogP contribution is 2.25. The van der Waals surface area contributed by atoms with E-state index in [2.05, 4.69) is 24.1 Å². The van der Waals surface area contributed by atoms with Crippen molar-refractivity contribution in [3.05, 3.63) is 34.9 Å². The van der Waals surface area contributed by atoms with Crippen LogP contribution in [-0.4, -0.2) is 24.5 Å². The van der Waals surface area contributed by atoms with Crippen LogP contribution < -0.4 is 5.73 Å². The summed E-state index contributed by atoms with van der Waals surface area (Å²) in [6.07, 6.45) is 3.66. The number of halogens is 1. The van der Waals surface area contributed by atoms with Gasteiger partial charge < -0.3 is 10.6 Å². The summed E-state index contributed by atoms with van der Waals surface area (Å²) in [5.41, 5.74) is 7.26. The predicted molar refractivity (Wildman–Crippen MR) is 73.1 cm³/mol. The van der Waals surface area contributed by atoms with E-state index in [4.69, 9.17) is 17.3 Å². The lowest BCUT2D eigenvalue weighted by molar-refractivity contribution is 0.270. The van der Waals surface area contributed by atoms with Gasteiger partial charge in [0.25, 0.3) is 0 Å². The number of hydrogen-bond donors (Lipinski definition) is 1. The molecule has 0 radical (unpaired) electrons. The predicted octanol–water partition coefficient (Wildman–Crippen LogP) is 2.90. The Labute approximate surface area is 109 Å². The lowest BCUT2D eigenvalue weighted by atomic mass is 10.1. The van der Waals surface area contributed by atoms with Crippen LogP contribution in [0.3, 0.4) is 0 Å². The number of nitrogens with two attached hydrogens (primary N) is 1. The largest absolute Gasteiger partial charge is 0.328 e. The Morgan fingerprint density at radius 1 is 1.29 bits per heavy atom. The summed E-state index contributed by atoms with van der Waals surface area (Å²) in [4.78, 5) is 2.38. The fourth-order valence-corrected chi connectivity index (χ4v) is 2.81. The van der Waals surface area contributed by atoms with Crippen molar-refractivity contribution in [3.63, 3.8) is 0 Å². The fourth-order valence-electron chi connectivity index (χ4n) is 2.69. The molecule has 94 valence electrons. The molecule has 2 atom stereocenters. The van der Waals surface area contributed by atoms with Gasteiger partial charge in [-0.25, -0.2) is 0 Å². The molecule has 1 aliphatic rings. The molecule has 1 aromatic carbocycles. The first-order valence-electron chi connectivity index (χ1n) is 6.32. The standard InChI is InChI=1S/C14H21ClN2/c1-17(10-12-4-7-14(16)8-12)9-11-2-5-13(15)6-3-11/h2-3,5-6,12,14H,4,7-10,16H2,1H3. The van der Waals surface area contributed by atoms with Crippen LogP contribution in [0.4, 0.5) is 0 Å². The van der Waals surface area contributed by atoms with Crippen LogP contribution >= 0.6 is 11.6 Å². The Bertz CT molecular complexity index is 350. The SMILES string of the molecule is CN(Cc1ccc(Cl)cc1)CC1CCC(N)C1. The number of rotatable bonds is 4. The summed E-state index contributed by atoms with van der Waals surface area (Å²) in [6, 6.07) is 8.54. The maximum atomic E-state index is 5.94. The maximum Gasteiger partial charge on any atom is 0.0406 e. The molecular formula is C14H21ClN2. The van der Waals surface area contributed by atoms with Crippen LogP contribution in [-0.2, 0) is 6.54 Å². The first-order valence-corrected chi connectivity index (χ1v) is 6.70. The molecule has 0 spiro atoms. The second-order valence-corrected chi connectivity index (χ2v) is 5.70. The van der Waals surface area contributed by atoms with Gasteiger partial charge in [-0.15, -0.1) is 0 Å². The van der Waals surface area contributed by atoms with Crippen LogP contribution in [0.5, 0.6) is 0 Å². The molecule has 0 amide bonds. The maximum absolute atomic E-state index is 5.94. The fraction of sp³-hybridized carbons (Fsp3) is 0.571. The smallest absolute Gasteiger partial charge is 0.0406 e. The summed E-state index contributed by atoms with van der Waals surface area (Å²) >= 11 is 5.87. The monoisotopic (exact) mass is 252 g/mol. The Hall–Kier alpha value is -0.570. The van der Waals surface area contributed by atoms with Gasteiger partial charge in [-0.3, -0.25) is 0 Å². The quantitative estimate of drug-likeness (QED) is 0.893. The van der Waals surface area contributed by atoms with Crippen LogP contribution in [0.25, 0.3) is 0 Å². The molecule has 1 saturated carbocycles. The van der Waals surface area contributed by atoms with Gasteiger partial charge in [0.2, 0.25) is 0 Å². The van der Waals surface area contributed by atoms with Gasteiger partial charge in [0.1, 0.15) is 0 Å². The van der Waals surface area contributed by atoms with Crippen molar-refractivity contribution in [2.45, 2.75) is 31.8 Å². The third-order valence-corrected chi connectivity index (χ3v) is 3.77. The van der Waals surface area contributed by atoms with Crippen molar-refractivity contribution in [2.75, 3.05) is 13.6 Å². The molecule has 2 N–H and O–H groups in total. The third kappa shape index (κ3) is 3.98. The van der Waals surface area contributed by atoms with Crippen molar-refractivity contribution in [2.24, 2.45) is 11.7 Å². The molecule has 2 nitrogen and oxygen atoms in total. The Kier molecular flexibility index (Phi) is 4.43. The number of hydrogen-bond acceptors (Lipinski definition) is 2. The van der Waals surface area contributed by atoms with E-state index in [9.17, 15) is 0 Å². The lowest BCUT2D eigenvalue weighted by Crippen LogP contribution is -2.25. The van der Waals surface area contributed by atoms with Crippen LogP contribution in [0.2, 0.25) is 5.02 Å². The summed E-state index contributed by atoms with van der Waals surface area (Å²) in [5.74, 6) is 0.780. The Balaban J connectivity index is 1.80. The van der Waals surface area contributed by atoms with E-state index in [1.807, 2.05) is 12.1 Å². The second-order valence-electron chi connectivity index (χ2n) is 5.26. The van der Waals surface area contributed by atoms with Gasteiger partial charge in [0, 0.05) is 24.2 Å².